The topological polar surface area (TPSA) is 41.5 Å². The number of hydrogen-bond donors (Lipinski definition) is 0. The molecule has 0 amide bonds. The molecule has 1 aliphatic heterocycles. The van der Waals surface area contributed by atoms with Gasteiger partial charge in [0, 0.05) is 42.8 Å². The Bertz CT molecular complexity index is 1470. The summed E-state index contributed by atoms with van der Waals surface area (Å²) in [5.41, 5.74) is 2.90. The Hall–Kier alpha value is -4.45. The summed E-state index contributed by atoms with van der Waals surface area (Å²) >= 11 is 0. The zero-order valence-corrected chi connectivity index (χ0v) is 19.7. The zero-order valence-electron chi connectivity index (χ0n) is 19.7. The number of rotatable bonds is 5. The van der Waals surface area contributed by atoms with E-state index in [4.69, 9.17) is 14.7 Å². The number of benzene rings is 4. The summed E-state index contributed by atoms with van der Waals surface area (Å²) < 4.78 is 19.3. The summed E-state index contributed by atoms with van der Waals surface area (Å²) in [4.78, 5) is 14.5. The maximum absolute atomic E-state index is 13.3. The molecular formula is C30H25FN4O. The number of fused-ring (bicyclic) bond motifs is 1. The molecule has 6 heteroatoms. The van der Waals surface area contributed by atoms with E-state index in [-0.39, 0.29) is 5.82 Å². The van der Waals surface area contributed by atoms with Crippen LogP contribution in [0.2, 0.25) is 0 Å². The zero-order chi connectivity index (χ0) is 24.3. The smallest absolute Gasteiger partial charge is 0.162 e. The summed E-state index contributed by atoms with van der Waals surface area (Å²) in [5, 5.41) is 1.04. The summed E-state index contributed by atoms with van der Waals surface area (Å²) in [6, 6.07) is 32.5. The molecule has 5 aromatic rings. The van der Waals surface area contributed by atoms with Crippen molar-refractivity contribution in [3.05, 3.63) is 109 Å². The van der Waals surface area contributed by atoms with Crippen molar-refractivity contribution in [2.24, 2.45) is 0 Å². The van der Waals surface area contributed by atoms with E-state index in [9.17, 15) is 4.39 Å². The first-order chi connectivity index (χ1) is 17.7. The lowest BCUT2D eigenvalue weighted by Gasteiger charge is -2.37. The molecule has 1 aromatic heterocycles. The van der Waals surface area contributed by atoms with E-state index < -0.39 is 0 Å². The van der Waals surface area contributed by atoms with Gasteiger partial charge in [-0.15, -0.1) is 0 Å². The van der Waals surface area contributed by atoms with Crippen molar-refractivity contribution < 1.29 is 9.13 Å². The van der Waals surface area contributed by atoms with Crippen LogP contribution in [-0.2, 0) is 0 Å². The number of ether oxygens (including phenoxy) is 1. The van der Waals surface area contributed by atoms with Gasteiger partial charge in [0.2, 0.25) is 0 Å². The second kappa shape index (κ2) is 9.66. The predicted molar refractivity (Wildman–Crippen MR) is 142 cm³/mol. The first kappa shape index (κ1) is 22.0. The van der Waals surface area contributed by atoms with Crippen LogP contribution < -0.4 is 14.5 Å². The highest BCUT2D eigenvalue weighted by atomic mass is 19.1. The number of aromatic nitrogens is 2. The van der Waals surface area contributed by atoms with E-state index >= 15 is 0 Å². The first-order valence-corrected chi connectivity index (χ1v) is 12.1. The Balaban J connectivity index is 1.26. The van der Waals surface area contributed by atoms with Crippen LogP contribution >= 0.6 is 0 Å². The maximum atomic E-state index is 13.3. The average molecular weight is 477 g/mol. The number of para-hydroxylation sites is 2. The van der Waals surface area contributed by atoms with Gasteiger partial charge in [-0.1, -0.05) is 30.3 Å². The first-order valence-electron chi connectivity index (χ1n) is 12.1. The van der Waals surface area contributed by atoms with Crippen molar-refractivity contribution >= 4 is 22.4 Å². The molecular weight excluding hydrogens is 451 g/mol. The number of anilines is 2. The molecule has 6 rings (SSSR count). The third kappa shape index (κ3) is 4.58. The third-order valence-electron chi connectivity index (χ3n) is 6.45. The molecule has 4 aromatic carbocycles. The Morgan fingerprint density at radius 2 is 1.25 bits per heavy atom. The summed E-state index contributed by atoms with van der Waals surface area (Å²) in [6.45, 7) is 3.32. The number of nitrogens with zero attached hydrogens (tertiary/aromatic N) is 4. The Morgan fingerprint density at radius 3 is 2.00 bits per heavy atom. The van der Waals surface area contributed by atoms with E-state index in [1.54, 1.807) is 0 Å². The Morgan fingerprint density at radius 1 is 0.611 bits per heavy atom. The van der Waals surface area contributed by atoms with Gasteiger partial charge in [0.25, 0.3) is 0 Å². The van der Waals surface area contributed by atoms with Crippen LogP contribution in [0.4, 0.5) is 15.9 Å². The molecule has 1 fully saturated rings. The van der Waals surface area contributed by atoms with Gasteiger partial charge in [-0.25, -0.2) is 14.4 Å². The van der Waals surface area contributed by atoms with E-state index in [0.29, 0.717) is 5.82 Å². The van der Waals surface area contributed by atoms with Crippen LogP contribution in [0, 0.1) is 5.82 Å². The van der Waals surface area contributed by atoms with Crippen LogP contribution in [0.25, 0.3) is 22.3 Å². The molecule has 1 aliphatic rings. The second-order valence-electron chi connectivity index (χ2n) is 8.78. The van der Waals surface area contributed by atoms with Gasteiger partial charge in [-0.3, -0.25) is 0 Å². The molecule has 0 unspecified atom stereocenters. The summed E-state index contributed by atoms with van der Waals surface area (Å²) in [6.07, 6.45) is 0. The van der Waals surface area contributed by atoms with E-state index in [1.165, 1.54) is 12.1 Å². The van der Waals surface area contributed by atoms with Crippen LogP contribution in [0.3, 0.4) is 0 Å². The molecule has 0 atom stereocenters. The van der Waals surface area contributed by atoms with Crippen molar-refractivity contribution in [3.8, 4) is 22.9 Å². The van der Waals surface area contributed by atoms with Crippen molar-refractivity contribution in [2.75, 3.05) is 36.0 Å². The van der Waals surface area contributed by atoms with Crippen molar-refractivity contribution in [2.45, 2.75) is 0 Å². The Labute approximate surface area is 209 Å². The van der Waals surface area contributed by atoms with Crippen molar-refractivity contribution in [1.29, 1.82) is 0 Å². The highest BCUT2D eigenvalue weighted by molar-refractivity contribution is 5.91. The molecule has 0 N–H and O–H groups in total. The number of halogens is 1. The second-order valence-corrected chi connectivity index (χ2v) is 8.78. The Kier molecular flexibility index (Phi) is 5.91. The molecule has 2 heterocycles. The van der Waals surface area contributed by atoms with Crippen LogP contribution in [0.1, 0.15) is 0 Å². The van der Waals surface area contributed by atoms with Gasteiger partial charge in [-0.05, 0) is 72.8 Å². The van der Waals surface area contributed by atoms with Crippen molar-refractivity contribution in [3.63, 3.8) is 0 Å². The van der Waals surface area contributed by atoms with Gasteiger partial charge in [0.05, 0.1) is 5.52 Å². The molecule has 0 spiro atoms. The lowest BCUT2D eigenvalue weighted by Crippen LogP contribution is -2.47. The van der Waals surface area contributed by atoms with E-state index in [1.807, 2.05) is 84.9 Å². The predicted octanol–water partition coefficient (Wildman–Crippen LogP) is 6.55. The summed E-state index contributed by atoms with van der Waals surface area (Å²) in [5.74, 6) is 2.99. The molecule has 0 saturated carbocycles. The minimum atomic E-state index is -0.211. The third-order valence-corrected chi connectivity index (χ3v) is 6.45. The molecule has 178 valence electrons. The van der Waals surface area contributed by atoms with E-state index in [2.05, 4.69) is 15.9 Å². The molecule has 0 radical (unpaired) electrons. The number of piperazine rings is 1. The highest BCUT2D eigenvalue weighted by Gasteiger charge is 2.21. The lowest BCUT2D eigenvalue weighted by atomic mass is 10.1. The van der Waals surface area contributed by atoms with Gasteiger partial charge in [-0.2, -0.15) is 0 Å². The fourth-order valence-electron chi connectivity index (χ4n) is 4.56. The largest absolute Gasteiger partial charge is 0.457 e. The molecule has 0 aliphatic carbocycles. The minimum absolute atomic E-state index is 0.211. The standard InChI is InChI=1S/C30H25FN4O/c31-23-12-14-24(15-13-23)34-18-20-35(21-19-34)30-27-8-4-5-9-28(27)32-29(33-30)22-10-16-26(17-11-22)36-25-6-2-1-3-7-25/h1-17H,18-21H2. The lowest BCUT2D eigenvalue weighted by molar-refractivity contribution is 0.483. The quantitative estimate of drug-likeness (QED) is 0.288. The van der Waals surface area contributed by atoms with Gasteiger partial charge >= 0.3 is 0 Å². The minimum Gasteiger partial charge on any atom is -0.457 e. The molecule has 36 heavy (non-hydrogen) atoms. The molecule has 1 saturated heterocycles. The molecule has 5 nitrogen and oxygen atoms in total. The van der Waals surface area contributed by atoms with Gasteiger partial charge in [0.1, 0.15) is 23.1 Å². The van der Waals surface area contributed by atoms with Gasteiger partial charge in [0.15, 0.2) is 5.82 Å². The molecule has 0 bridgehead atoms. The number of hydrogen-bond acceptors (Lipinski definition) is 5. The highest BCUT2D eigenvalue weighted by Crippen LogP contribution is 2.30. The SMILES string of the molecule is Fc1ccc(N2CCN(c3nc(-c4ccc(Oc5ccccc5)cc4)nc4ccccc34)CC2)cc1. The maximum Gasteiger partial charge on any atom is 0.162 e. The van der Waals surface area contributed by atoms with Crippen molar-refractivity contribution in [1.82, 2.24) is 9.97 Å². The summed E-state index contributed by atoms with van der Waals surface area (Å²) in [7, 11) is 0. The normalized spacial score (nSPS) is 13.7. The van der Waals surface area contributed by atoms with Crippen LogP contribution in [-0.4, -0.2) is 36.1 Å². The van der Waals surface area contributed by atoms with Crippen LogP contribution in [0.5, 0.6) is 11.5 Å². The monoisotopic (exact) mass is 476 g/mol. The van der Waals surface area contributed by atoms with E-state index in [0.717, 1.165) is 65.6 Å². The van der Waals surface area contributed by atoms with Crippen LogP contribution in [0.15, 0.2) is 103 Å². The fourth-order valence-corrected chi connectivity index (χ4v) is 4.56. The van der Waals surface area contributed by atoms with Gasteiger partial charge < -0.3 is 14.5 Å². The average Bonchev–Trinajstić information content (AvgIpc) is 2.94. The fraction of sp³-hybridized carbons (Fsp3) is 0.133.